The van der Waals surface area contributed by atoms with E-state index in [1.807, 2.05) is 5.38 Å². The van der Waals surface area contributed by atoms with Crippen molar-refractivity contribution in [3.63, 3.8) is 0 Å². The molecule has 0 aliphatic carbocycles. The van der Waals surface area contributed by atoms with Crippen molar-refractivity contribution in [3.8, 4) is 17.3 Å². The van der Waals surface area contributed by atoms with Crippen molar-refractivity contribution in [1.82, 2.24) is 4.98 Å². The molecular weight excluding hydrogens is 357 g/mol. The van der Waals surface area contributed by atoms with Crippen LogP contribution in [0.15, 0.2) is 60.1 Å². The lowest BCUT2D eigenvalue weighted by Crippen LogP contribution is -1.93. The van der Waals surface area contributed by atoms with Gasteiger partial charge in [0.15, 0.2) is 0 Å². The molecule has 0 saturated heterocycles. The molecule has 136 valence electrons. The molecule has 1 heterocycles. The SMILES string of the molecule is CC(C)Cc1ccc(-c2csc(/C(C#N)=C\Nc3cccc(F)c3)n2)cc1. The molecule has 0 unspecified atom stereocenters. The Kier molecular flexibility index (Phi) is 6.00. The molecule has 3 aromatic rings. The van der Waals surface area contributed by atoms with Gasteiger partial charge in [0, 0.05) is 22.8 Å². The van der Waals surface area contributed by atoms with Gasteiger partial charge >= 0.3 is 0 Å². The Balaban J connectivity index is 1.77. The third kappa shape index (κ3) is 5.02. The molecule has 3 rings (SSSR count). The van der Waals surface area contributed by atoms with Crippen LogP contribution in [-0.4, -0.2) is 4.98 Å². The molecule has 2 aromatic carbocycles. The van der Waals surface area contributed by atoms with Crippen LogP contribution in [0.25, 0.3) is 16.8 Å². The lowest BCUT2D eigenvalue weighted by Gasteiger charge is -2.05. The summed E-state index contributed by atoms with van der Waals surface area (Å²) in [5.74, 6) is 0.292. The van der Waals surface area contributed by atoms with E-state index in [0.29, 0.717) is 22.2 Å². The summed E-state index contributed by atoms with van der Waals surface area (Å²) >= 11 is 1.41. The van der Waals surface area contributed by atoms with Gasteiger partial charge in [-0.3, -0.25) is 0 Å². The van der Waals surface area contributed by atoms with Gasteiger partial charge in [0.1, 0.15) is 22.5 Å². The van der Waals surface area contributed by atoms with Crippen LogP contribution in [0.3, 0.4) is 0 Å². The number of hydrogen-bond donors (Lipinski definition) is 1. The van der Waals surface area contributed by atoms with E-state index < -0.39 is 0 Å². The Hall–Kier alpha value is -2.97. The molecule has 0 aliphatic rings. The highest BCUT2D eigenvalue weighted by Crippen LogP contribution is 2.26. The van der Waals surface area contributed by atoms with Gasteiger partial charge in [-0.1, -0.05) is 44.2 Å². The van der Waals surface area contributed by atoms with Gasteiger partial charge in [-0.25, -0.2) is 9.37 Å². The zero-order valence-electron chi connectivity index (χ0n) is 15.2. The molecule has 1 aromatic heterocycles. The first kappa shape index (κ1) is 18.8. The second-order valence-corrected chi connectivity index (χ2v) is 7.52. The highest BCUT2D eigenvalue weighted by atomic mass is 32.1. The second-order valence-electron chi connectivity index (χ2n) is 6.66. The van der Waals surface area contributed by atoms with Crippen LogP contribution in [-0.2, 0) is 6.42 Å². The summed E-state index contributed by atoms with van der Waals surface area (Å²) in [5, 5.41) is 15.0. The zero-order valence-corrected chi connectivity index (χ0v) is 16.1. The molecule has 0 aliphatic heterocycles. The normalized spacial score (nSPS) is 11.4. The lowest BCUT2D eigenvalue weighted by atomic mass is 10.0. The van der Waals surface area contributed by atoms with Crippen LogP contribution in [0.5, 0.6) is 0 Å². The first-order chi connectivity index (χ1) is 13.0. The van der Waals surface area contributed by atoms with E-state index in [1.165, 1.54) is 29.0 Å². The van der Waals surface area contributed by atoms with Gasteiger partial charge in [0.2, 0.25) is 0 Å². The molecular formula is C22H20FN3S. The van der Waals surface area contributed by atoms with Gasteiger partial charge in [0.25, 0.3) is 0 Å². The number of nitriles is 1. The van der Waals surface area contributed by atoms with E-state index in [-0.39, 0.29) is 5.82 Å². The van der Waals surface area contributed by atoms with Crippen LogP contribution in [0.1, 0.15) is 24.4 Å². The van der Waals surface area contributed by atoms with Crippen LogP contribution in [0, 0.1) is 23.1 Å². The number of allylic oxidation sites excluding steroid dienone is 1. The first-order valence-corrected chi connectivity index (χ1v) is 9.60. The summed E-state index contributed by atoms with van der Waals surface area (Å²) in [6.45, 7) is 4.41. The fraction of sp³-hybridized carbons (Fsp3) is 0.182. The Morgan fingerprint density at radius 2 is 2.04 bits per heavy atom. The minimum Gasteiger partial charge on any atom is -0.360 e. The van der Waals surface area contributed by atoms with E-state index in [2.05, 4.69) is 54.5 Å². The van der Waals surface area contributed by atoms with Crippen molar-refractivity contribution >= 4 is 22.6 Å². The van der Waals surface area contributed by atoms with E-state index in [4.69, 9.17) is 0 Å². The Labute approximate surface area is 162 Å². The van der Waals surface area contributed by atoms with Gasteiger partial charge < -0.3 is 5.32 Å². The number of nitrogens with one attached hydrogen (secondary N) is 1. The number of halogens is 1. The van der Waals surface area contributed by atoms with E-state index in [9.17, 15) is 9.65 Å². The highest BCUT2D eigenvalue weighted by molar-refractivity contribution is 7.11. The number of rotatable bonds is 6. The second kappa shape index (κ2) is 8.61. The third-order valence-electron chi connectivity index (χ3n) is 3.96. The monoisotopic (exact) mass is 377 g/mol. The molecule has 0 atom stereocenters. The van der Waals surface area contributed by atoms with Crippen LogP contribution in [0.4, 0.5) is 10.1 Å². The van der Waals surface area contributed by atoms with Gasteiger partial charge in [-0.2, -0.15) is 5.26 Å². The van der Waals surface area contributed by atoms with Gasteiger partial charge in [-0.05, 0) is 36.1 Å². The molecule has 3 nitrogen and oxygen atoms in total. The molecule has 0 saturated carbocycles. The van der Waals surface area contributed by atoms with Crippen molar-refractivity contribution in [2.24, 2.45) is 5.92 Å². The number of aromatic nitrogens is 1. The maximum atomic E-state index is 13.2. The molecule has 1 N–H and O–H groups in total. The zero-order chi connectivity index (χ0) is 19.2. The molecule has 0 radical (unpaired) electrons. The predicted molar refractivity (Wildman–Crippen MR) is 110 cm³/mol. The van der Waals surface area contributed by atoms with Crippen molar-refractivity contribution < 1.29 is 4.39 Å². The van der Waals surface area contributed by atoms with Crippen molar-refractivity contribution in [1.29, 1.82) is 5.26 Å². The molecule has 0 spiro atoms. The van der Waals surface area contributed by atoms with Gasteiger partial charge in [-0.15, -0.1) is 11.3 Å². The fourth-order valence-electron chi connectivity index (χ4n) is 2.69. The lowest BCUT2D eigenvalue weighted by molar-refractivity contribution is 0.628. The number of nitrogens with zero attached hydrogens (tertiary/aromatic N) is 2. The molecule has 0 amide bonds. The Bertz CT molecular complexity index is 981. The van der Waals surface area contributed by atoms with Gasteiger partial charge in [0.05, 0.1) is 5.69 Å². The highest BCUT2D eigenvalue weighted by Gasteiger charge is 2.09. The molecule has 27 heavy (non-hydrogen) atoms. The van der Waals surface area contributed by atoms with Crippen LogP contribution in [0.2, 0.25) is 0 Å². The summed E-state index contributed by atoms with van der Waals surface area (Å²) < 4.78 is 13.2. The summed E-state index contributed by atoms with van der Waals surface area (Å²) in [5.41, 5.74) is 4.17. The Morgan fingerprint density at radius 1 is 1.26 bits per heavy atom. The smallest absolute Gasteiger partial charge is 0.136 e. The van der Waals surface area contributed by atoms with E-state index in [1.54, 1.807) is 18.3 Å². The summed E-state index contributed by atoms with van der Waals surface area (Å²) in [7, 11) is 0. The number of hydrogen-bond acceptors (Lipinski definition) is 4. The van der Waals surface area contributed by atoms with Crippen molar-refractivity contribution in [3.05, 3.63) is 76.5 Å². The van der Waals surface area contributed by atoms with Crippen LogP contribution < -0.4 is 5.32 Å². The molecule has 0 bridgehead atoms. The Morgan fingerprint density at radius 3 is 2.70 bits per heavy atom. The number of thiazole rings is 1. The predicted octanol–water partition coefficient (Wildman–Crippen LogP) is 6.12. The van der Waals surface area contributed by atoms with Crippen molar-refractivity contribution in [2.45, 2.75) is 20.3 Å². The fourth-order valence-corrected chi connectivity index (χ4v) is 3.48. The summed E-state index contributed by atoms with van der Waals surface area (Å²) in [4.78, 5) is 4.59. The van der Waals surface area contributed by atoms with E-state index >= 15 is 0 Å². The molecule has 5 heteroatoms. The summed E-state index contributed by atoms with van der Waals surface area (Å²) in [6.07, 6.45) is 2.61. The summed E-state index contributed by atoms with van der Waals surface area (Å²) in [6, 6.07) is 16.6. The molecule has 0 fully saturated rings. The average Bonchev–Trinajstić information content (AvgIpc) is 3.12. The maximum Gasteiger partial charge on any atom is 0.136 e. The largest absolute Gasteiger partial charge is 0.360 e. The van der Waals surface area contributed by atoms with Crippen molar-refractivity contribution in [2.75, 3.05) is 5.32 Å². The maximum absolute atomic E-state index is 13.2. The average molecular weight is 377 g/mol. The minimum absolute atomic E-state index is 0.329. The third-order valence-corrected chi connectivity index (χ3v) is 4.83. The number of benzene rings is 2. The first-order valence-electron chi connectivity index (χ1n) is 8.72. The topological polar surface area (TPSA) is 48.7 Å². The minimum atomic E-state index is -0.329. The number of anilines is 1. The van der Waals surface area contributed by atoms with E-state index in [0.717, 1.165) is 17.7 Å². The quantitative estimate of drug-likeness (QED) is 0.526. The standard InChI is InChI=1S/C22H20FN3S/c1-15(2)10-16-6-8-17(9-7-16)21-14-27-22(26-21)18(12-24)13-25-20-5-3-4-19(23)11-20/h3-9,11,13-15,25H,10H2,1-2H3/b18-13-. The van der Waals surface area contributed by atoms with Crippen LogP contribution >= 0.6 is 11.3 Å².